The Bertz CT molecular complexity index is 512. The first-order chi connectivity index (χ1) is 8.13. The number of hydrogen-bond donors (Lipinski definition) is 0. The highest BCUT2D eigenvalue weighted by atomic mass is 35.5. The lowest BCUT2D eigenvalue weighted by atomic mass is 10.0. The lowest BCUT2D eigenvalue weighted by Crippen LogP contribution is -1.87. The molecule has 0 radical (unpaired) electrons. The molecule has 0 saturated heterocycles. The first kappa shape index (κ1) is 12.2. The first-order valence-electron chi connectivity index (χ1n) is 5.85. The standard InChI is InChI=1S/C14H16ClNO/c1-4-5-11-6-7-12(8-13(11)15)14-9(2)16-17-10(14)3/h6-8H,4-5H2,1-3H3. The third-order valence-corrected chi connectivity index (χ3v) is 3.25. The summed E-state index contributed by atoms with van der Waals surface area (Å²) in [6.07, 6.45) is 2.12. The highest BCUT2D eigenvalue weighted by molar-refractivity contribution is 6.31. The molecule has 0 saturated carbocycles. The van der Waals surface area contributed by atoms with Crippen molar-refractivity contribution in [1.29, 1.82) is 0 Å². The average molecular weight is 250 g/mol. The number of nitrogens with zero attached hydrogens (tertiary/aromatic N) is 1. The summed E-state index contributed by atoms with van der Waals surface area (Å²) >= 11 is 6.28. The Morgan fingerprint density at radius 2 is 2.06 bits per heavy atom. The lowest BCUT2D eigenvalue weighted by molar-refractivity contribution is 0.393. The summed E-state index contributed by atoms with van der Waals surface area (Å²) in [5.74, 6) is 0.835. The molecule has 0 bridgehead atoms. The van der Waals surface area contributed by atoms with Crippen LogP contribution in [0, 0.1) is 13.8 Å². The highest BCUT2D eigenvalue weighted by Gasteiger charge is 2.12. The fourth-order valence-corrected chi connectivity index (χ4v) is 2.35. The zero-order valence-corrected chi connectivity index (χ0v) is 11.1. The first-order valence-corrected chi connectivity index (χ1v) is 6.23. The van der Waals surface area contributed by atoms with Gasteiger partial charge in [-0.25, -0.2) is 0 Å². The third-order valence-electron chi connectivity index (χ3n) is 2.89. The molecule has 1 heterocycles. The summed E-state index contributed by atoms with van der Waals surface area (Å²) in [5.41, 5.74) is 4.23. The predicted molar refractivity (Wildman–Crippen MR) is 70.4 cm³/mol. The molecule has 0 aliphatic heterocycles. The third kappa shape index (κ3) is 2.37. The van der Waals surface area contributed by atoms with Crippen LogP contribution in [0.4, 0.5) is 0 Å². The van der Waals surface area contributed by atoms with Gasteiger partial charge in [-0.05, 0) is 37.5 Å². The molecule has 0 spiro atoms. The minimum absolute atomic E-state index is 0.823. The molecule has 2 aromatic rings. The molecule has 0 aliphatic carbocycles. The molecule has 17 heavy (non-hydrogen) atoms. The van der Waals surface area contributed by atoms with E-state index in [0.717, 1.165) is 40.4 Å². The number of benzene rings is 1. The molecule has 1 aromatic heterocycles. The van der Waals surface area contributed by atoms with Crippen LogP contribution in [0.1, 0.15) is 30.4 Å². The smallest absolute Gasteiger partial charge is 0.141 e. The van der Waals surface area contributed by atoms with E-state index >= 15 is 0 Å². The van der Waals surface area contributed by atoms with E-state index < -0.39 is 0 Å². The van der Waals surface area contributed by atoms with Gasteiger partial charge in [0, 0.05) is 10.6 Å². The molecule has 2 rings (SSSR count). The van der Waals surface area contributed by atoms with Crippen molar-refractivity contribution in [3.05, 3.63) is 40.2 Å². The van der Waals surface area contributed by atoms with Gasteiger partial charge >= 0.3 is 0 Å². The minimum atomic E-state index is 0.823. The summed E-state index contributed by atoms with van der Waals surface area (Å²) in [4.78, 5) is 0. The van der Waals surface area contributed by atoms with Gasteiger partial charge in [-0.1, -0.05) is 42.2 Å². The highest BCUT2D eigenvalue weighted by Crippen LogP contribution is 2.30. The molecule has 0 aliphatic rings. The van der Waals surface area contributed by atoms with Gasteiger partial charge < -0.3 is 4.52 Å². The molecule has 90 valence electrons. The fraction of sp³-hybridized carbons (Fsp3) is 0.357. The van der Waals surface area contributed by atoms with Crippen LogP contribution in [0.2, 0.25) is 5.02 Å². The van der Waals surface area contributed by atoms with Crippen molar-refractivity contribution in [2.24, 2.45) is 0 Å². The maximum absolute atomic E-state index is 6.28. The van der Waals surface area contributed by atoms with E-state index in [1.54, 1.807) is 0 Å². The quantitative estimate of drug-likeness (QED) is 0.797. The Kier molecular flexibility index (Phi) is 3.53. The molecule has 0 unspecified atom stereocenters. The maximum atomic E-state index is 6.28. The Balaban J connectivity index is 2.45. The zero-order valence-electron chi connectivity index (χ0n) is 10.4. The van der Waals surface area contributed by atoms with Crippen LogP contribution in [0.5, 0.6) is 0 Å². The van der Waals surface area contributed by atoms with Crippen molar-refractivity contribution in [3.63, 3.8) is 0 Å². The number of aryl methyl sites for hydroxylation is 3. The van der Waals surface area contributed by atoms with Crippen LogP contribution in [0.15, 0.2) is 22.7 Å². The summed E-state index contributed by atoms with van der Waals surface area (Å²) in [7, 11) is 0. The van der Waals surface area contributed by atoms with Crippen molar-refractivity contribution < 1.29 is 4.52 Å². The largest absolute Gasteiger partial charge is 0.361 e. The predicted octanol–water partition coefficient (Wildman–Crippen LogP) is 4.56. The molecule has 0 fully saturated rings. The second kappa shape index (κ2) is 4.92. The van der Waals surface area contributed by atoms with Gasteiger partial charge in [-0.2, -0.15) is 0 Å². The number of halogens is 1. The summed E-state index contributed by atoms with van der Waals surface area (Å²) in [6.45, 7) is 6.02. The van der Waals surface area contributed by atoms with Crippen LogP contribution in [0.25, 0.3) is 11.1 Å². The van der Waals surface area contributed by atoms with Crippen molar-refractivity contribution in [2.45, 2.75) is 33.6 Å². The molecule has 2 nitrogen and oxygen atoms in total. The van der Waals surface area contributed by atoms with E-state index in [1.165, 1.54) is 5.56 Å². The van der Waals surface area contributed by atoms with E-state index in [2.05, 4.69) is 24.2 Å². The molecule has 1 aromatic carbocycles. The topological polar surface area (TPSA) is 26.0 Å². The number of hydrogen-bond acceptors (Lipinski definition) is 2. The Labute approximate surface area is 107 Å². The molecule has 0 atom stereocenters. The summed E-state index contributed by atoms with van der Waals surface area (Å²) < 4.78 is 5.17. The van der Waals surface area contributed by atoms with Crippen LogP contribution < -0.4 is 0 Å². The van der Waals surface area contributed by atoms with E-state index in [0.29, 0.717) is 0 Å². The lowest BCUT2D eigenvalue weighted by Gasteiger charge is -2.06. The van der Waals surface area contributed by atoms with Crippen LogP contribution in [0.3, 0.4) is 0 Å². The fourth-order valence-electron chi connectivity index (χ4n) is 2.07. The number of rotatable bonds is 3. The molecule has 0 N–H and O–H groups in total. The second-order valence-corrected chi connectivity index (χ2v) is 4.66. The van der Waals surface area contributed by atoms with E-state index in [1.807, 2.05) is 19.9 Å². The van der Waals surface area contributed by atoms with E-state index in [9.17, 15) is 0 Å². The van der Waals surface area contributed by atoms with Crippen molar-refractivity contribution >= 4 is 11.6 Å². The molecular weight excluding hydrogens is 234 g/mol. The maximum Gasteiger partial charge on any atom is 0.141 e. The Hall–Kier alpha value is -1.28. The average Bonchev–Trinajstić information content (AvgIpc) is 2.62. The summed E-state index contributed by atoms with van der Waals surface area (Å²) in [5, 5.41) is 4.79. The van der Waals surface area contributed by atoms with Crippen LogP contribution in [-0.2, 0) is 6.42 Å². The van der Waals surface area contributed by atoms with Crippen molar-refractivity contribution in [2.75, 3.05) is 0 Å². The summed E-state index contributed by atoms with van der Waals surface area (Å²) in [6, 6.07) is 6.18. The van der Waals surface area contributed by atoms with Gasteiger partial charge in [0.25, 0.3) is 0 Å². The van der Waals surface area contributed by atoms with E-state index in [-0.39, 0.29) is 0 Å². The Morgan fingerprint density at radius 1 is 1.29 bits per heavy atom. The van der Waals surface area contributed by atoms with Crippen molar-refractivity contribution in [1.82, 2.24) is 5.16 Å². The zero-order chi connectivity index (χ0) is 12.4. The van der Waals surface area contributed by atoms with Gasteiger partial charge in [0.15, 0.2) is 0 Å². The van der Waals surface area contributed by atoms with Gasteiger partial charge in [-0.15, -0.1) is 0 Å². The van der Waals surface area contributed by atoms with E-state index in [4.69, 9.17) is 16.1 Å². The van der Waals surface area contributed by atoms with Gasteiger partial charge in [0.2, 0.25) is 0 Å². The normalized spacial score (nSPS) is 10.8. The Morgan fingerprint density at radius 3 is 2.59 bits per heavy atom. The minimum Gasteiger partial charge on any atom is -0.361 e. The molecule has 0 amide bonds. The molecule has 3 heteroatoms. The van der Waals surface area contributed by atoms with Crippen LogP contribution in [-0.4, -0.2) is 5.16 Å². The molecular formula is C14H16ClNO. The van der Waals surface area contributed by atoms with Gasteiger partial charge in [-0.3, -0.25) is 0 Å². The second-order valence-electron chi connectivity index (χ2n) is 4.26. The van der Waals surface area contributed by atoms with Crippen molar-refractivity contribution in [3.8, 4) is 11.1 Å². The monoisotopic (exact) mass is 249 g/mol. The van der Waals surface area contributed by atoms with Gasteiger partial charge in [0.1, 0.15) is 5.76 Å². The van der Waals surface area contributed by atoms with Crippen LogP contribution >= 0.6 is 11.6 Å². The number of aromatic nitrogens is 1. The van der Waals surface area contributed by atoms with Gasteiger partial charge in [0.05, 0.1) is 5.69 Å². The SMILES string of the molecule is CCCc1ccc(-c2c(C)noc2C)cc1Cl.